The number of nitrogens with one attached hydrogen (secondary N) is 1. The average molecular weight is 260 g/mol. The minimum Gasteiger partial charge on any atom is -0.846 e. The zero-order valence-corrected chi connectivity index (χ0v) is 13.2. The van der Waals surface area contributed by atoms with Crippen LogP contribution in [-0.2, 0) is 9.59 Å². The number of carbonyl (C=O) groups is 2. The van der Waals surface area contributed by atoms with Crippen molar-refractivity contribution < 1.29 is 44.3 Å². The van der Waals surface area contributed by atoms with Gasteiger partial charge in [-0.2, -0.15) is 0 Å². The minimum atomic E-state index is -1.26. The summed E-state index contributed by atoms with van der Waals surface area (Å²) in [7, 11) is 0. The van der Waals surface area contributed by atoms with E-state index in [1.54, 1.807) is 0 Å². The molecular formula is C12H17N2NaO3. The fourth-order valence-corrected chi connectivity index (χ4v) is 2.25. The Bertz CT molecular complexity index is 382. The molecule has 1 aliphatic rings. The molecule has 1 aliphatic heterocycles. The molecular weight excluding hydrogens is 243 g/mol. The second-order valence-corrected chi connectivity index (χ2v) is 4.33. The van der Waals surface area contributed by atoms with Gasteiger partial charge in [-0.05, 0) is 18.8 Å². The molecule has 0 spiro atoms. The van der Waals surface area contributed by atoms with Crippen molar-refractivity contribution in [3.8, 4) is 0 Å². The number of amides is 2. The maximum atomic E-state index is 12.0. The van der Waals surface area contributed by atoms with Gasteiger partial charge < -0.3 is 10.4 Å². The van der Waals surface area contributed by atoms with Crippen molar-refractivity contribution in [2.24, 2.45) is 16.3 Å². The number of aliphatic imine (C=N–C) groups is 1. The third kappa shape index (κ3) is 3.02. The van der Waals surface area contributed by atoms with Gasteiger partial charge in [-0.25, -0.2) is 4.99 Å². The predicted molar refractivity (Wildman–Crippen MR) is 61.9 cm³/mol. The van der Waals surface area contributed by atoms with Crippen LogP contribution in [0.4, 0.5) is 0 Å². The summed E-state index contributed by atoms with van der Waals surface area (Å²) in [5, 5.41) is 13.1. The summed E-state index contributed by atoms with van der Waals surface area (Å²) in [5.41, 5.74) is -1.26. The van der Waals surface area contributed by atoms with E-state index in [0.717, 1.165) is 12.8 Å². The van der Waals surface area contributed by atoms with E-state index in [1.165, 1.54) is 6.08 Å². The standard InChI is InChI=1S/C12H18N2O3.Na/c1-4-6-8(3)12(7-5-2)9(15)13-11(17)14-10(12)16;/h5,8H,2,4,6-7H2,1,3H3,(H2,13,14,15,16,17);/q;+1/p-1/t8-;/m0./s1. The van der Waals surface area contributed by atoms with Crippen LogP contribution in [0.15, 0.2) is 17.6 Å². The number of rotatable bonds is 5. The summed E-state index contributed by atoms with van der Waals surface area (Å²) in [6, 6.07) is -0.872. The third-order valence-corrected chi connectivity index (χ3v) is 3.24. The van der Waals surface area contributed by atoms with Gasteiger partial charge >= 0.3 is 29.6 Å². The molecule has 6 heteroatoms. The molecule has 0 aromatic rings. The van der Waals surface area contributed by atoms with E-state index in [1.807, 2.05) is 13.8 Å². The SMILES string of the molecule is C=CCC1([C@@H](C)CCC)C(=O)N=C([O-])NC1=O.[Na+]. The van der Waals surface area contributed by atoms with Gasteiger partial charge in [0.2, 0.25) is 5.91 Å². The quantitative estimate of drug-likeness (QED) is 0.333. The Hall–Kier alpha value is -0.650. The van der Waals surface area contributed by atoms with Crippen LogP contribution in [0.2, 0.25) is 0 Å². The molecule has 0 aromatic heterocycles. The molecule has 0 bridgehead atoms. The van der Waals surface area contributed by atoms with Gasteiger partial charge in [0.05, 0.1) is 6.02 Å². The minimum absolute atomic E-state index is 0. The molecule has 0 radical (unpaired) electrons. The molecule has 1 rings (SSSR count). The van der Waals surface area contributed by atoms with E-state index in [2.05, 4.69) is 16.9 Å². The van der Waals surface area contributed by atoms with Gasteiger partial charge in [0.25, 0.3) is 5.91 Å². The Labute approximate surface area is 129 Å². The van der Waals surface area contributed by atoms with Gasteiger partial charge in [-0.15, -0.1) is 6.58 Å². The predicted octanol–water partition coefficient (Wildman–Crippen LogP) is -2.64. The first-order valence-electron chi connectivity index (χ1n) is 5.71. The Morgan fingerprint density at radius 3 is 2.61 bits per heavy atom. The fraction of sp³-hybridized carbons (Fsp3) is 0.583. The fourth-order valence-electron chi connectivity index (χ4n) is 2.25. The van der Waals surface area contributed by atoms with Crippen LogP contribution < -0.4 is 40.0 Å². The van der Waals surface area contributed by atoms with E-state index in [9.17, 15) is 14.7 Å². The summed E-state index contributed by atoms with van der Waals surface area (Å²) in [4.78, 5) is 27.3. The number of hydrogen-bond acceptors (Lipinski definition) is 3. The summed E-state index contributed by atoms with van der Waals surface area (Å²) in [6.45, 7) is 7.38. The Kier molecular flexibility index (Phi) is 6.81. The van der Waals surface area contributed by atoms with Crippen molar-refractivity contribution in [2.45, 2.75) is 33.1 Å². The topological polar surface area (TPSA) is 81.6 Å². The van der Waals surface area contributed by atoms with Gasteiger partial charge in [0.1, 0.15) is 5.41 Å². The van der Waals surface area contributed by atoms with Crippen LogP contribution in [0.3, 0.4) is 0 Å². The monoisotopic (exact) mass is 260 g/mol. The van der Waals surface area contributed by atoms with Crippen LogP contribution in [0, 0.1) is 11.3 Å². The summed E-state index contributed by atoms with van der Waals surface area (Å²) in [5.74, 6) is -1.37. The molecule has 0 saturated carbocycles. The molecule has 2 atom stereocenters. The zero-order chi connectivity index (χ0) is 13.1. The van der Waals surface area contributed by atoms with Crippen LogP contribution in [0.1, 0.15) is 33.1 Å². The molecule has 2 amide bonds. The molecule has 5 nitrogen and oxygen atoms in total. The van der Waals surface area contributed by atoms with E-state index in [-0.39, 0.29) is 41.9 Å². The molecule has 1 unspecified atom stereocenters. The van der Waals surface area contributed by atoms with Crippen molar-refractivity contribution >= 4 is 17.8 Å². The van der Waals surface area contributed by atoms with E-state index >= 15 is 0 Å². The van der Waals surface area contributed by atoms with Crippen LogP contribution in [-0.4, -0.2) is 17.8 Å². The van der Waals surface area contributed by atoms with Crippen molar-refractivity contribution in [2.75, 3.05) is 0 Å². The first-order chi connectivity index (χ1) is 7.98. The van der Waals surface area contributed by atoms with Gasteiger partial charge in [-0.1, -0.05) is 26.3 Å². The number of allylic oxidation sites excluding steroid dienone is 1. The second-order valence-electron chi connectivity index (χ2n) is 4.33. The first kappa shape index (κ1) is 17.4. The molecule has 1 heterocycles. The molecule has 0 aromatic carbocycles. The maximum absolute atomic E-state index is 12.0. The second kappa shape index (κ2) is 7.07. The maximum Gasteiger partial charge on any atom is 1.00 e. The average Bonchev–Trinajstić information content (AvgIpc) is 2.23. The van der Waals surface area contributed by atoms with E-state index < -0.39 is 23.3 Å². The van der Waals surface area contributed by atoms with Crippen molar-refractivity contribution in [3.63, 3.8) is 0 Å². The van der Waals surface area contributed by atoms with Crippen LogP contribution >= 0.6 is 0 Å². The van der Waals surface area contributed by atoms with Crippen molar-refractivity contribution in [1.82, 2.24) is 5.32 Å². The summed E-state index contributed by atoms with van der Waals surface area (Å²) in [6.07, 6.45) is 3.30. The molecule has 0 saturated heterocycles. The van der Waals surface area contributed by atoms with E-state index in [4.69, 9.17) is 0 Å². The van der Waals surface area contributed by atoms with Crippen LogP contribution in [0.5, 0.6) is 0 Å². The third-order valence-electron chi connectivity index (χ3n) is 3.24. The molecule has 0 aliphatic carbocycles. The first-order valence-corrected chi connectivity index (χ1v) is 5.71. The number of carbonyl (C=O) groups excluding carboxylic acids is 2. The Morgan fingerprint density at radius 1 is 1.56 bits per heavy atom. The normalized spacial score (nSPS) is 24.7. The largest absolute Gasteiger partial charge is 1.00 e. The zero-order valence-electron chi connectivity index (χ0n) is 11.2. The Balaban J connectivity index is 0.00000289. The smallest absolute Gasteiger partial charge is 0.846 e. The molecule has 1 N–H and O–H groups in total. The molecule has 94 valence electrons. The number of amidine groups is 1. The van der Waals surface area contributed by atoms with Gasteiger partial charge in [0.15, 0.2) is 0 Å². The van der Waals surface area contributed by atoms with Crippen LogP contribution in [0.25, 0.3) is 0 Å². The van der Waals surface area contributed by atoms with Gasteiger partial charge in [0, 0.05) is 0 Å². The van der Waals surface area contributed by atoms with E-state index in [0.29, 0.717) is 0 Å². The summed E-state index contributed by atoms with van der Waals surface area (Å²) < 4.78 is 0. The molecule has 18 heavy (non-hydrogen) atoms. The number of hydrogen-bond donors (Lipinski definition) is 1. The number of nitrogens with zero attached hydrogens (tertiary/aromatic N) is 1. The van der Waals surface area contributed by atoms with Crippen molar-refractivity contribution in [1.29, 1.82) is 0 Å². The van der Waals surface area contributed by atoms with Gasteiger partial charge in [-0.3, -0.25) is 9.59 Å². The molecule has 0 fully saturated rings. The Morgan fingerprint density at radius 2 is 2.17 bits per heavy atom. The van der Waals surface area contributed by atoms with Crippen molar-refractivity contribution in [3.05, 3.63) is 12.7 Å². The summed E-state index contributed by atoms with van der Waals surface area (Å²) >= 11 is 0.